The minimum absolute atomic E-state index is 0.156. The molecule has 0 aliphatic heterocycles. The molecule has 1 aromatic carbocycles. The SMILES string of the molecule is CCC1CCCC1NCc1ccc(F)cc1. The molecule has 2 unspecified atom stereocenters. The van der Waals surface area contributed by atoms with Crippen LogP contribution in [0, 0.1) is 11.7 Å². The van der Waals surface area contributed by atoms with Crippen LogP contribution in [0.5, 0.6) is 0 Å². The molecule has 0 aromatic heterocycles. The highest BCUT2D eigenvalue weighted by atomic mass is 19.1. The van der Waals surface area contributed by atoms with Crippen molar-refractivity contribution >= 4 is 0 Å². The lowest BCUT2D eigenvalue weighted by Gasteiger charge is -2.19. The van der Waals surface area contributed by atoms with Crippen molar-refractivity contribution in [3.63, 3.8) is 0 Å². The lowest BCUT2D eigenvalue weighted by Crippen LogP contribution is -2.31. The maximum absolute atomic E-state index is 12.7. The Hall–Kier alpha value is -0.890. The van der Waals surface area contributed by atoms with Crippen LogP contribution in [-0.4, -0.2) is 6.04 Å². The fourth-order valence-electron chi connectivity index (χ4n) is 2.65. The van der Waals surface area contributed by atoms with Crippen LogP contribution in [0.25, 0.3) is 0 Å². The van der Waals surface area contributed by atoms with E-state index in [1.807, 2.05) is 12.1 Å². The zero-order valence-corrected chi connectivity index (χ0v) is 9.88. The lowest BCUT2D eigenvalue weighted by molar-refractivity contribution is 0.389. The topological polar surface area (TPSA) is 12.0 Å². The van der Waals surface area contributed by atoms with Gasteiger partial charge in [-0.25, -0.2) is 4.39 Å². The largest absolute Gasteiger partial charge is 0.310 e. The number of halogens is 1. The first kappa shape index (κ1) is 11.6. The summed E-state index contributed by atoms with van der Waals surface area (Å²) in [4.78, 5) is 0. The summed E-state index contributed by atoms with van der Waals surface area (Å²) < 4.78 is 12.7. The van der Waals surface area contributed by atoms with E-state index in [-0.39, 0.29) is 5.82 Å². The van der Waals surface area contributed by atoms with Crippen molar-refractivity contribution in [1.29, 1.82) is 0 Å². The molecule has 0 spiro atoms. The van der Waals surface area contributed by atoms with E-state index in [2.05, 4.69) is 12.2 Å². The summed E-state index contributed by atoms with van der Waals surface area (Å²) in [6.45, 7) is 3.13. The van der Waals surface area contributed by atoms with Crippen molar-refractivity contribution in [2.24, 2.45) is 5.92 Å². The van der Waals surface area contributed by atoms with Gasteiger partial charge in [0.25, 0.3) is 0 Å². The van der Waals surface area contributed by atoms with Crippen LogP contribution in [0.15, 0.2) is 24.3 Å². The molecule has 0 radical (unpaired) electrons. The fraction of sp³-hybridized carbons (Fsp3) is 0.571. The van der Waals surface area contributed by atoms with Gasteiger partial charge in [0.2, 0.25) is 0 Å². The van der Waals surface area contributed by atoms with Gasteiger partial charge in [0.15, 0.2) is 0 Å². The second-order valence-corrected chi connectivity index (χ2v) is 4.71. The molecule has 1 saturated carbocycles. The van der Waals surface area contributed by atoms with E-state index >= 15 is 0 Å². The first-order valence-corrected chi connectivity index (χ1v) is 6.27. The molecule has 1 nitrogen and oxygen atoms in total. The Morgan fingerprint density at radius 2 is 2.00 bits per heavy atom. The Labute approximate surface area is 97.1 Å². The van der Waals surface area contributed by atoms with Crippen LogP contribution in [0.4, 0.5) is 4.39 Å². The summed E-state index contributed by atoms with van der Waals surface area (Å²) in [5, 5.41) is 3.60. The Bertz CT molecular complexity index is 320. The van der Waals surface area contributed by atoms with Crippen molar-refractivity contribution in [2.45, 2.75) is 45.2 Å². The van der Waals surface area contributed by atoms with Crippen molar-refractivity contribution in [2.75, 3.05) is 0 Å². The Morgan fingerprint density at radius 1 is 1.25 bits per heavy atom. The van der Waals surface area contributed by atoms with E-state index in [0.29, 0.717) is 6.04 Å². The van der Waals surface area contributed by atoms with Gasteiger partial charge < -0.3 is 5.32 Å². The number of hydrogen-bond donors (Lipinski definition) is 1. The van der Waals surface area contributed by atoms with E-state index in [1.54, 1.807) is 0 Å². The van der Waals surface area contributed by atoms with Crippen LogP contribution in [-0.2, 0) is 6.54 Å². The molecule has 16 heavy (non-hydrogen) atoms. The van der Waals surface area contributed by atoms with Crippen LogP contribution in [0.1, 0.15) is 38.2 Å². The monoisotopic (exact) mass is 221 g/mol. The van der Waals surface area contributed by atoms with Crippen LogP contribution in [0.2, 0.25) is 0 Å². The average Bonchev–Trinajstić information content (AvgIpc) is 2.76. The van der Waals surface area contributed by atoms with E-state index in [1.165, 1.54) is 43.4 Å². The number of hydrogen-bond acceptors (Lipinski definition) is 1. The second-order valence-electron chi connectivity index (χ2n) is 4.71. The summed E-state index contributed by atoms with van der Waals surface area (Å²) in [6.07, 6.45) is 5.26. The number of nitrogens with one attached hydrogen (secondary N) is 1. The summed E-state index contributed by atoms with van der Waals surface area (Å²) in [5.74, 6) is 0.677. The highest BCUT2D eigenvalue weighted by Crippen LogP contribution is 2.28. The van der Waals surface area contributed by atoms with Gasteiger partial charge >= 0.3 is 0 Å². The molecular formula is C14H20FN. The summed E-state index contributed by atoms with van der Waals surface area (Å²) >= 11 is 0. The Kier molecular flexibility index (Phi) is 3.94. The molecule has 1 N–H and O–H groups in total. The third kappa shape index (κ3) is 2.82. The lowest BCUT2D eigenvalue weighted by atomic mass is 10.0. The first-order chi connectivity index (χ1) is 7.79. The van der Waals surface area contributed by atoms with Gasteiger partial charge in [-0.1, -0.05) is 31.9 Å². The predicted octanol–water partition coefficient (Wildman–Crippen LogP) is 3.49. The molecule has 2 heteroatoms. The van der Waals surface area contributed by atoms with E-state index in [4.69, 9.17) is 0 Å². The summed E-state index contributed by atoms with van der Waals surface area (Å²) in [5.41, 5.74) is 1.17. The molecule has 2 rings (SSSR count). The smallest absolute Gasteiger partial charge is 0.123 e. The van der Waals surface area contributed by atoms with Crippen LogP contribution in [0.3, 0.4) is 0 Å². The molecule has 0 heterocycles. The van der Waals surface area contributed by atoms with E-state index in [9.17, 15) is 4.39 Å². The number of benzene rings is 1. The molecular weight excluding hydrogens is 201 g/mol. The van der Waals surface area contributed by atoms with Crippen molar-refractivity contribution in [3.05, 3.63) is 35.6 Å². The fourth-order valence-corrected chi connectivity index (χ4v) is 2.65. The minimum atomic E-state index is -0.156. The molecule has 88 valence electrons. The normalized spacial score (nSPS) is 24.9. The Balaban J connectivity index is 1.85. The highest BCUT2D eigenvalue weighted by molar-refractivity contribution is 5.15. The van der Waals surface area contributed by atoms with Gasteiger partial charge in [0, 0.05) is 12.6 Å². The second kappa shape index (κ2) is 5.44. The molecule has 0 bridgehead atoms. The van der Waals surface area contributed by atoms with Gasteiger partial charge in [0.1, 0.15) is 5.82 Å². The zero-order chi connectivity index (χ0) is 11.4. The molecule has 1 aliphatic rings. The third-order valence-electron chi connectivity index (χ3n) is 3.67. The maximum atomic E-state index is 12.7. The van der Waals surface area contributed by atoms with Gasteiger partial charge in [-0.3, -0.25) is 0 Å². The maximum Gasteiger partial charge on any atom is 0.123 e. The molecule has 0 saturated heterocycles. The van der Waals surface area contributed by atoms with Gasteiger partial charge in [-0.2, -0.15) is 0 Å². The molecule has 1 aromatic rings. The van der Waals surface area contributed by atoms with Crippen molar-refractivity contribution in [1.82, 2.24) is 5.32 Å². The van der Waals surface area contributed by atoms with Crippen molar-refractivity contribution < 1.29 is 4.39 Å². The molecule has 0 amide bonds. The molecule has 1 fully saturated rings. The summed E-state index contributed by atoms with van der Waals surface area (Å²) in [7, 11) is 0. The average molecular weight is 221 g/mol. The molecule has 1 aliphatic carbocycles. The van der Waals surface area contributed by atoms with E-state index in [0.717, 1.165) is 12.5 Å². The van der Waals surface area contributed by atoms with Gasteiger partial charge in [0.05, 0.1) is 0 Å². The van der Waals surface area contributed by atoms with Gasteiger partial charge in [-0.15, -0.1) is 0 Å². The highest BCUT2D eigenvalue weighted by Gasteiger charge is 2.24. The minimum Gasteiger partial charge on any atom is -0.310 e. The van der Waals surface area contributed by atoms with Crippen LogP contribution >= 0.6 is 0 Å². The number of rotatable bonds is 4. The molecule has 2 atom stereocenters. The van der Waals surface area contributed by atoms with Crippen molar-refractivity contribution in [3.8, 4) is 0 Å². The standard InChI is InChI=1S/C14H20FN/c1-2-12-4-3-5-14(12)16-10-11-6-8-13(15)9-7-11/h6-9,12,14,16H,2-5,10H2,1H3. The third-order valence-corrected chi connectivity index (χ3v) is 3.67. The Morgan fingerprint density at radius 3 is 2.69 bits per heavy atom. The van der Waals surface area contributed by atoms with E-state index < -0.39 is 0 Å². The zero-order valence-electron chi connectivity index (χ0n) is 9.88. The quantitative estimate of drug-likeness (QED) is 0.820. The first-order valence-electron chi connectivity index (χ1n) is 6.27. The summed E-state index contributed by atoms with van der Waals surface area (Å²) in [6, 6.07) is 7.44. The van der Waals surface area contributed by atoms with Crippen LogP contribution < -0.4 is 5.32 Å². The predicted molar refractivity (Wildman–Crippen MR) is 64.7 cm³/mol. The van der Waals surface area contributed by atoms with Gasteiger partial charge in [-0.05, 0) is 36.5 Å².